The van der Waals surface area contributed by atoms with Crippen LogP contribution < -0.4 is 5.32 Å². The summed E-state index contributed by atoms with van der Waals surface area (Å²) in [4.78, 5) is 16.0. The van der Waals surface area contributed by atoms with Crippen molar-refractivity contribution in [2.24, 2.45) is 0 Å². The molecule has 116 valence electrons. The molecule has 1 atom stereocenters. The smallest absolute Gasteiger partial charge is 0.256 e. The molecule has 0 aliphatic heterocycles. The minimum atomic E-state index is -1.63. The van der Waals surface area contributed by atoms with E-state index in [9.17, 15) is 14.3 Å². The second-order valence-electron chi connectivity index (χ2n) is 5.23. The number of aryl methyl sites for hydroxylation is 1. The lowest BCUT2D eigenvalue weighted by Gasteiger charge is -2.26. The SMILES string of the molecule is CCC(O)(C(=O)NCc1cc(C)cnc1F)c1ccccc1. The first-order valence-corrected chi connectivity index (χ1v) is 7.14. The van der Waals surface area contributed by atoms with Gasteiger partial charge in [0.2, 0.25) is 5.95 Å². The maximum atomic E-state index is 13.6. The topological polar surface area (TPSA) is 62.2 Å². The van der Waals surface area contributed by atoms with Crippen LogP contribution in [0.2, 0.25) is 0 Å². The number of hydrogen-bond acceptors (Lipinski definition) is 3. The summed E-state index contributed by atoms with van der Waals surface area (Å²) in [6.45, 7) is 3.50. The monoisotopic (exact) mass is 302 g/mol. The highest BCUT2D eigenvalue weighted by atomic mass is 19.1. The third-order valence-corrected chi connectivity index (χ3v) is 3.63. The lowest BCUT2D eigenvalue weighted by molar-refractivity contribution is -0.141. The summed E-state index contributed by atoms with van der Waals surface area (Å²) >= 11 is 0. The maximum Gasteiger partial charge on any atom is 0.256 e. The number of pyridine rings is 1. The molecule has 1 aromatic heterocycles. The first-order chi connectivity index (χ1) is 10.5. The molecule has 1 unspecified atom stereocenters. The molecule has 0 bridgehead atoms. The quantitative estimate of drug-likeness (QED) is 0.834. The van der Waals surface area contributed by atoms with Crippen LogP contribution in [0.4, 0.5) is 4.39 Å². The summed E-state index contributed by atoms with van der Waals surface area (Å²) in [5.41, 5.74) is -0.0215. The Kier molecular flexibility index (Phi) is 4.88. The molecule has 0 aliphatic rings. The van der Waals surface area contributed by atoms with Crippen LogP contribution in [-0.4, -0.2) is 16.0 Å². The van der Waals surface area contributed by atoms with Gasteiger partial charge < -0.3 is 10.4 Å². The van der Waals surface area contributed by atoms with E-state index in [1.165, 1.54) is 6.20 Å². The van der Waals surface area contributed by atoms with E-state index in [0.29, 0.717) is 11.1 Å². The Morgan fingerprint density at radius 2 is 2.05 bits per heavy atom. The summed E-state index contributed by atoms with van der Waals surface area (Å²) in [7, 11) is 0. The van der Waals surface area contributed by atoms with Crippen molar-refractivity contribution in [1.29, 1.82) is 0 Å². The summed E-state index contributed by atoms with van der Waals surface area (Å²) in [6, 6.07) is 10.3. The fourth-order valence-electron chi connectivity index (χ4n) is 2.27. The van der Waals surface area contributed by atoms with Gasteiger partial charge in [0, 0.05) is 18.3 Å². The molecule has 2 aromatic rings. The third kappa shape index (κ3) is 3.31. The summed E-state index contributed by atoms with van der Waals surface area (Å²) in [5, 5.41) is 13.2. The van der Waals surface area contributed by atoms with Gasteiger partial charge in [-0.05, 0) is 30.5 Å². The van der Waals surface area contributed by atoms with E-state index in [1.54, 1.807) is 44.2 Å². The van der Waals surface area contributed by atoms with E-state index in [-0.39, 0.29) is 13.0 Å². The Balaban J connectivity index is 2.15. The zero-order chi connectivity index (χ0) is 16.2. The van der Waals surface area contributed by atoms with Crippen LogP contribution >= 0.6 is 0 Å². The molecular weight excluding hydrogens is 283 g/mol. The zero-order valence-electron chi connectivity index (χ0n) is 12.6. The van der Waals surface area contributed by atoms with Crippen LogP contribution in [0.5, 0.6) is 0 Å². The number of hydrogen-bond donors (Lipinski definition) is 2. The van der Waals surface area contributed by atoms with E-state index in [2.05, 4.69) is 10.3 Å². The van der Waals surface area contributed by atoms with Crippen molar-refractivity contribution in [2.45, 2.75) is 32.4 Å². The molecule has 4 nitrogen and oxygen atoms in total. The minimum absolute atomic E-state index is 0.0194. The van der Waals surface area contributed by atoms with E-state index in [4.69, 9.17) is 0 Å². The molecule has 1 aromatic carbocycles. The van der Waals surface area contributed by atoms with E-state index >= 15 is 0 Å². The van der Waals surface area contributed by atoms with Crippen molar-refractivity contribution in [2.75, 3.05) is 0 Å². The molecule has 1 amide bonds. The first kappa shape index (κ1) is 16.1. The fourth-order valence-corrected chi connectivity index (χ4v) is 2.27. The van der Waals surface area contributed by atoms with Gasteiger partial charge in [0.15, 0.2) is 5.60 Å². The Bertz CT molecular complexity index is 661. The van der Waals surface area contributed by atoms with Crippen LogP contribution in [0.3, 0.4) is 0 Å². The number of carbonyl (C=O) groups excluding carboxylic acids is 1. The van der Waals surface area contributed by atoms with E-state index in [1.807, 2.05) is 6.07 Å². The molecule has 0 saturated heterocycles. The average molecular weight is 302 g/mol. The number of nitrogens with one attached hydrogen (secondary N) is 1. The highest BCUT2D eigenvalue weighted by molar-refractivity contribution is 5.86. The van der Waals surface area contributed by atoms with Crippen molar-refractivity contribution < 1.29 is 14.3 Å². The fraction of sp³-hybridized carbons (Fsp3) is 0.294. The van der Waals surface area contributed by atoms with Gasteiger partial charge in [-0.15, -0.1) is 0 Å². The Morgan fingerprint density at radius 3 is 2.68 bits per heavy atom. The van der Waals surface area contributed by atoms with Crippen LogP contribution in [0.15, 0.2) is 42.6 Å². The largest absolute Gasteiger partial charge is 0.375 e. The van der Waals surface area contributed by atoms with E-state index in [0.717, 1.165) is 5.56 Å². The van der Waals surface area contributed by atoms with Crippen molar-refractivity contribution in [1.82, 2.24) is 10.3 Å². The second-order valence-corrected chi connectivity index (χ2v) is 5.23. The lowest BCUT2D eigenvalue weighted by atomic mass is 9.90. The van der Waals surface area contributed by atoms with Gasteiger partial charge in [0.05, 0.1) is 0 Å². The van der Waals surface area contributed by atoms with Gasteiger partial charge in [0.1, 0.15) is 0 Å². The standard InChI is InChI=1S/C17H19FN2O2/c1-3-17(22,14-7-5-4-6-8-14)16(21)20-11-13-9-12(2)10-19-15(13)18/h4-10,22H,3,11H2,1-2H3,(H,20,21). The third-order valence-electron chi connectivity index (χ3n) is 3.63. The van der Waals surface area contributed by atoms with Crippen molar-refractivity contribution in [3.05, 3.63) is 65.2 Å². The highest BCUT2D eigenvalue weighted by Gasteiger charge is 2.35. The molecule has 22 heavy (non-hydrogen) atoms. The predicted molar refractivity (Wildman–Crippen MR) is 81.4 cm³/mol. The van der Waals surface area contributed by atoms with Crippen molar-refractivity contribution in [3.8, 4) is 0 Å². The molecule has 5 heteroatoms. The van der Waals surface area contributed by atoms with Crippen molar-refractivity contribution >= 4 is 5.91 Å². The summed E-state index contributed by atoms with van der Waals surface area (Å²) in [6.07, 6.45) is 1.64. The molecule has 2 rings (SSSR count). The number of rotatable bonds is 5. The number of nitrogens with zero attached hydrogens (tertiary/aromatic N) is 1. The molecule has 0 radical (unpaired) electrons. The van der Waals surface area contributed by atoms with Crippen LogP contribution in [-0.2, 0) is 16.9 Å². The summed E-state index contributed by atoms with van der Waals surface area (Å²) in [5.74, 6) is -1.17. The van der Waals surface area contributed by atoms with Gasteiger partial charge >= 0.3 is 0 Å². The second kappa shape index (κ2) is 6.66. The van der Waals surface area contributed by atoms with Crippen molar-refractivity contribution in [3.63, 3.8) is 0 Å². The molecule has 0 fully saturated rings. The molecule has 0 spiro atoms. The van der Waals surface area contributed by atoms with Gasteiger partial charge in [-0.3, -0.25) is 4.79 Å². The van der Waals surface area contributed by atoms with Crippen LogP contribution in [0.25, 0.3) is 0 Å². The molecular formula is C17H19FN2O2. The molecule has 1 heterocycles. The van der Waals surface area contributed by atoms with Gasteiger partial charge in [-0.25, -0.2) is 4.98 Å². The number of aliphatic hydroxyl groups is 1. The van der Waals surface area contributed by atoms with Crippen LogP contribution in [0, 0.1) is 12.9 Å². The number of benzene rings is 1. The van der Waals surface area contributed by atoms with Gasteiger partial charge in [0.25, 0.3) is 5.91 Å². The minimum Gasteiger partial charge on any atom is -0.375 e. The van der Waals surface area contributed by atoms with E-state index < -0.39 is 17.5 Å². The predicted octanol–water partition coefficient (Wildman–Crippen LogP) is 2.44. The number of amides is 1. The molecule has 2 N–H and O–H groups in total. The summed E-state index contributed by atoms with van der Waals surface area (Å²) < 4.78 is 13.6. The Morgan fingerprint density at radius 1 is 1.36 bits per heavy atom. The maximum absolute atomic E-state index is 13.6. The Labute approximate surface area is 129 Å². The zero-order valence-corrected chi connectivity index (χ0v) is 12.6. The number of halogens is 1. The molecule has 0 saturated carbocycles. The number of aromatic nitrogens is 1. The average Bonchev–Trinajstić information content (AvgIpc) is 2.55. The number of carbonyl (C=O) groups is 1. The lowest BCUT2D eigenvalue weighted by Crippen LogP contribution is -2.43. The molecule has 0 aliphatic carbocycles. The van der Waals surface area contributed by atoms with Crippen LogP contribution in [0.1, 0.15) is 30.0 Å². The van der Waals surface area contributed by atoms with Gasteiger partial charge in [-0.2, -0.15) is 4.39 Å². The highest BCUT2D eigenvalue weighted by Crippen LogP contribution is 2.25. The first-order valence-electron chi connectivity index (χ1n) is 7.14. The normalized spacial score (nSPS) is 13.5. The van der Waals surface area contributed by atoms with Gasteiger partial charge in [-0.1, -0.05) is 37.3 Å². The Hall–Kier alpha value is -2.27.